The van der Waals surface area contributed by atoms with Gasteiger partial charge < -0.3 is 10.2 Å². The van der Waals surface area contributed by atoms with Gasteiger partial charge in [0, 0.05) is 17.6 Å². The fraction of sp³-hybridized carbons (Fsp3) is 0.355. The zero-order valence-corrected chi connectivity index (χ0v) is 25.5. The van der Waals surface area contributed by atoms with Gasteiger partial charge in [-0.3, -0.25) is 13.9 Å². The fourth-order valence-electron chi connectivity index (χ4n) is 4.21. The number of halogens is 1. The summed E-state index contributed by atoms with van der Waals surface area (Å²) in [5, 5.41) is 3.35. The van der Waals surface area contributed by atoms with Crippen LogP contribution >= 0.6 is 11.6 Å². The van der Waals surface area contributed by atoms with E-state index in [0.29, 0.717) is 10.7 Å². The average Bonchev–Trinajstić information content (AvgIpc) is 2.89. The molecule has 0 bridgehead atoms. The summed E-state index contributed by atoms with van der Waals surface area (Å²) in [6, 6.07) is 19.7. The van der Waals surface area contributed by atoms with E-state index in [1.807, 2.05) is 39.0 Å². The minimum absolute atomic E-state index is 0.0748. The molecule has 0 aliphatic rings. The molecule has 0 saturated heterocycles. The number of rotatable bonds is 11. The predicted octanol–water partition coefficient (Wildman–Crippen LogP) is 5.91. The number of hydrogen-bond donors (Lipinski definition) is 1. The lowest BCUT2D eigenvalue weighted by atomic mass is 10.0. The Morgan fingerprint density at radius 3 is 2.08 bits per heavy atom. The number of amides is 2. The van der Waals surface area contributed by atoms with E-state index in [4.69, 9.17) is 11.6 Å². The van der Waals surface area contributed by atoms with Gasteiger partial charge >= 0.3 is 0 Å². The molecule has 0 saturated carbocycles. The standard InChI is InChI=1S/C31H38ClN3O4S/c1-21(2)26-12-14-28(15-13-26)35(40(38,39)29-16-10-23(5)11-17-29)20-30(36)34(24(6)31(37)33-22(3)4)19-25-8-7-9-27(32)18-25/h7-18,21-22,24H,19-20H2,1-6H3,(H,33,37)/t24-/m1/s1. The van der Waals surface area contributed by atoms with Gasteiger partial charge in [-0.15, -0.1) is 0 Å². The monoisotopic (exact) mass is 583 g/mol. The van der Waals surface area contributed by atoms with Crippen LogP contribution < -0.4 is 9.62 Å². The van der Waals surface area contributed by atoms with Crippen LogP contribution in [-0.4, -0.2) is 43.8 Å². The first-order valence-corrected chi connectivity index (χ1v) is 15.1. The van der Waals surface area contributed by atoms with Crippen LogP contribution in [0.25, 0.3) is 0 Å². The highest BCUT2D eigenvalue weighted by molar-refractivity contribution is 7.92. The SMILES string of the molecule is Cc1ccc(S(=O)(=O)N(CC(=O)N(Cc2cccc(Cl)c2)[C@H](C)C(=O)NC(C)C)c2ccc(C(C)C)cc2)cc1. The molecule has 3 rings (SSSR count). The molecule has 3 aromatic carbocycles. The summed E-state index contributed by atoms with van der Waals surface area (Å²) < 4.78 is 29.0. The maximum absolute atomic E-state index is 14.0. The molecule has 0 unspecified atom stereocenters. The first-order chi connectivity index (χ1) is 18.8. The zero-order chi connectivity index (χ0) is 29.6. The van der Waals surface area contributed by atoms with Crippen molar-refractivity contribution in [1.29, 1.82) is 0 Å². The number of nitrogens with zero attached hydrogens (tertiary/aromatic N) is 2. The fourth-order valence-corrected chi connectivity index (χ4v) is 5.84. The highest BCUT2D eigenvalue weighted by atomic mass is 35.5. The minimum Gasteiger partial charge on any atom is -0.352 e. The lowest BCUT2D eigenvalue weighted by Gasteiger charge is -2.32. The Hall–Kier alpha value is -3.36. The summed E-state index contributed by atoms with van der Waals surface area (Å²) in [6.07, 6.45) is 0. The second kappa shape index (κ2) is 13.3. The molecule has 0 fully saturated rings. The quantitative estimate of drug-likeness (QED) is 0.304. The molecule has 214 valence electrons. The van der Waals surface area contributed by atoms with Crippen LogP contribution in [0.5, 0.6) is 0 Å². The van der Waals surface area contributed by atoms with Crippen molar-refractivity contribution in [3.05, 3.63) is 94.5 Å². The minimum atomic E-state index is -4.11. The Labute approximate surface area is 243 Å². The summed E-state index contributed by atoms with van der Waals surface area (Å²) in [6.45, 7) is 10.9. The van der Waals surface area contributed by atoms with E-state index in [-0.39, 0.29) is 29.3 Å². The third-order valence-corrected chi connectivity index (χ3v) is 8.60. The molecule has 0 aromatic heterocycles. The van der Waals surface area contributed by atoms with E-state index in [0.717, 1.165) is 21.0 Å². The normalized spacial score (nSPS) is 12.3. The lowest BCUT2D eigenvalue weighted by molar-refractivity contribution is -0.139. The van der Waals surface area contributed by atoms with Crippen molar-refractivity contribution in [2.24, 2.45) is 0 Å². The summed E-state index contributed by atoms with van der Waals surface area (Å²) >= 11 is 6.19. The van der Waals surface area contributed by atoms with Crippen molar-refractivity contribution in [2.45, 2.75) is 71.0 Å². The van der Waals surface area contributed by atoms with Crippen LogP contribution in [0, 0.1) is 6.92 Å². The molecule has 1 atom stereocenters. The second-order valence-corrected chi connectivity index (χ2v) is 12.9. The smallest absolute Gasteiger partial charge is 0.264 e. The largest absolute Gasteiger partial charge is 0.352 e. The van der Waals surface area contributed by atoms with Crippen molar-refractivity contribution in [3.63, 3.8) is 0 Å². The van der Waals surface area contributed by atoms with Gasteiger partial charge in [-0.25, -0.2) is 8.42 Å². The van der Waals surface area contributed by atoms with E-state index >= 15 is 0 Å². The van der Waals surface area contributed by atoms with Gasteiger partial charge in [0.15, 0.2) is 0 Å². The number of benzene rings is 3. The number of anilines is 1. The molecule has 2 amide bonds. The maximum atomic E-state index is 14.0. The molecular weight excluding hydrogens is 546 g/mol. The first-order valence-electron chi connectivity index (χ1n) is 13.3. The molecule has 0 spiro atoms. The Morgan fingerprint density at radius 1 is 0.900 bits per heavy atom. The molecule has 0 radical (unpaired) electrons. The third-order valence-electron chi connectivity index (χ3n) is 6.58. The molecule has 40 heavy (non-hydrogen) atoms. The molecule has 3 aromatic rings. The van der Waals surface area contributed by atoms with Gasteiger partial charge in [-0.1, -0.05) is 67.4 Å². The van der Waals surface area contributed by atoms with E-state index in [2.05, 4.69) is 19.2 Å². The van der Waals surface area contributed by atoms with Gasteiger partial charge in [-0.05, 0) is 81.1 Å². The molecule has 7 nitrogen and oxygen atoms in total. The zero-order valence-electron chi connectivity index (χ0n) is 23.9. The first kappa shape index (κ1) is 31.2. The number of carbonyl (C=O) groups is 2. The van der Waals surface area contributed by atoms with E-state index in [1.165, 1.54) is 17.0 Å². The highest BCUT2D eigenvalue weighted by Crippen LogP contribution is 2.27. The second-order valence-electron chi connectivity index (χ2n) is 10.6. The average molecular weight is 584 g/mol. The van der Waals surface area contributed by atoms with Gasteiger partial charge in [0.05, 0.1) is 10.6 Å². The van der Waals surface area contributed by atoms with Crippen LogP contribution in [0.3, 0.4) is 0 Å². The van der Waals surface area contributed by atoms with Crippen molar-refractivity contribution < 1.29 is 18.0 Å². The topological polar surface area (TPSA) is 86.8 Å². The van der Waals surface area contributed by atoms with Crippen LogP contribution in [0.15, 0.2) is 77.7 Å². The molecule has 9 heteroatoms. The Kier molecular flexibility index (Phi) is 10.4. The van der Waals surface area contributed by atoms with Gasteiger partial charge in [-0.2, -0.15) is 0 Å². The van der Waals surface area contributed by atoms with Crippen molar-refractivity contribution >= 4 is 39.1 Å². The highest BCUT2D eigenvalue weighted by Gasteiger charge is 2.32. The lowest BCUT2D eigenvalue weighted by Crippen LogP contribution is -2.52. The Bertz CT molecular complexity index is 1420. The molecule has 0 aliphatic carbocycles. The molecule has 1 N–H and O–H groups in total. The van der Waals surface area contributed by atoms with E-state index < -0.39 is 28.5 Å². The van der Waals surface area contributed by atoms with E-state index in [9.17, 15) is 18.0 Å². The third kappa shape index (κ3) is 7.86. The van der Waals surface area contributed by atoms with Crippen LogP contribution in [0.2, 0.25) is 5.02 Å². The van der Waals surface area contributed by atoms with Crippen LogP contribution in [-0.2, 0) is 26.2 Å². The molecular formula is C31H38ClN3O4S. The number of aryl methyl sites for hydroxylation is 1. The van der Waals surface area contributed by atoms with E-state index in [1.54, 1.807) is 49.4 Å². The van der Waals surface area contributed by atoms with Crippen molar-refractivity contribution in [1.82, 2.24) is 10.2 Å². The summed E-state index contributed by atoms with van der Waals surface area (Å²) in [5.74, 6) is -0.596. The summed E-state index contributed by atoms with van der Waals surface area (Å²) in [7, 11) is -4.11. The van der Waals surface area contributed by atoms with Gasteiger partial charge in [0.25, 0.3) is 10.0 Å². The van der Waals surface area contributed by atoms with Gasteiger partial charge in [0.2, 0.25) is 11.8 Å². The molecule has 0 heterocycles. The Balaban J connectivity index is 2.05. The molecule has 0 aliphatic heterocycles. The van der Waals surface area contributed by atoms with Crippen molar-refractivity contribution in [2.75, 3.05) is 10.8 Å². The number of nitrogens with one attached hydrogen (secondary N) is 1. The van der Waals surface area contributed by atoms with Crippen molar-refractivity contribution in [3.8, 4) is 0 Å². The summed E-state index contributed by atoms with van der Waals surface area (Å²) in [5.41, 5.74) is 3.05. The van der Waals surface area contributed by atoms with Gasteiger partial charge in [0.1, 0.15) is 12.6 Å². The Morgan fingerprint density at radius 2 is 1.52 bits per heavy atom. The number of sulfonamides is 1. The predicted molar refractivity (Wildman–Crippen MR) is 161 cm³/mol. The number of hydrogen-bond acceptors (Lipinski definition) is 4. The summed E-state index contributed by atoms with van der Waals surface area (Å²) in [4.78, 5) is 28.4. The number of carbonyl (C=O) groups excluding carboxylic acids is 2. The van der Waals surface area contributed by atoms with Crippen LogP contribution in [0.1, 0.15) is 57.2 Å². The van der Waals surface area contributed by atoms with Crippen LogP contribution in [0.4, 0.5) is 5.69 Å². The maximum Gasteiger partial charge on any atom is 0.264 e.